The Morgan fingerprint density at radius 3 is 2.64 bits per heavy atom. The molecule has 1 N–H and O–H groups in total. The number of nitrogens with zero attached hydrogens (tertiary/aromatic N) is 1. The van der Waals surface area contributed by atoms with Crippen LogP contribution < -0.4 is 74.2 Å². The fourth-order valence-corrected chi connectivity index (χ4v) is 3.29. The molecule has 4 heteroatoms. The Bertz CT molecular complexity index is 408. The summed E-state index contributed by atoms with van der Waals surface area (Å²) in [7, 11) is 2.02. The first kappa shape index (κ1) is 21.4. The largest absolute Gasteiger partial charge is 1.00 e. The van der Waals surface area contributed by atoms with Gasteiger partial charge in [0.25, 0.3) is 0 Å². The zero-order valence-electron chi connectivity index (χ0n) is 14.2. The quantitative estimate of drug-likeness (QED) is 0.610. The average Bonchev–Trinajstić information content (AvgIpc) is 2.51. The molecule has 22 heavy (non-hydrogen) atoms. The molecule has 0 saturated carbocycles. The molecule has 1 fully saturated rings. The van der Waals surface area contributed by atoms with Crippen LogP contribution in [0.2, 0.25) is 5.02 Å². The van der Waals surface area contributed by atoms with Crippen LogP contribution in [0.25, 0.3) is 0 Å². The van der Waals surface area contributed by atoms with Gasteiger partial charge in [0.2, 0.25) is 0 Å². The van der Waals surface area contributed by atoms with Gasteiger partial charge < -0.3 is 10.2 Å². The molecule has 1 aliphatic rings. The predicted molar refractivity (Wildman–Crippen MR) is 91.9 cm³/mol. The van der Waals surface area contributed by atoms with Crippen molar-refractivity contribution in [3.63, 3.8) is 0 Å². The minimum absolute atomic E-state index is 0. The molecule has 1 aromatic rings. The maximum Gasteiger partial charge on any atom is 1.00 e. The summed E-state index contributed by atoms with van der Waals surface area (Å²) in [6.45, 7) is 4.86. The monoisotopic (exact) mass is 440 g/mol. The van der Waals surface area contributed by atoms with E-state index in [9.17, 15) is 0 Å². The third-order valence-corrected chi connectivity index (χ3v) is 4.55. The van der Waals surface area contributed by atoms with Gasteiger partial charge >= 0.3 is 68.9 Å². The van der Waals surface area contributed by atoms with Gasteiger partial charge in [-0.2, -0.15) is 17.5 Å². The fraction of sp³-hybridized carbons (Fsp3) is 0.611. The van der Waals surface area contributed by atoms with E-state index in [2.05, 4.69) is 28.4 Å². The third-order valence-electron chi connectivity index (χ3n) is 4.31. The van der Waals surface area contributed by atoms with E-state index in [1.807, 2.05) is 13.1 Å². The van der Waals surface area contributed by atoms with Crippen LogP contribution >= 0.6 is 11.6 Å². The van der Waals surface area contributed by atoms with Crippen molar-refractivity contribution in [2.24, 2.45) is 0 Å². The molecule has 1 heterocycles. The number of likely N-dealkylation sites (tertiary alicyclic amines) is 1. The van der Waals surface area contributed by atoms with E-state index < -0.39 is 0 Å². The van der Waals surface area contributed by atoms with Crippen molar-refractivity contribution < 1.29 is 68.9 Å². The van der Waals surface area contributed by atoms with E-state index in [4.69, 9.17) is 11.6 Å². The van der Waals surface area contributed by atoms with Gasteiger partial charge in [-0.1, -0.05) is 36.9 Å². The zero-order valence-corrected chi connectivity index (χ0v) is 21.2. The molecule has 2 nitrogen and oxygen atoms in total. The third kappa shape index (κ3) is 7.95. The standard InChI is InChI=1S/C18H28ClN2.Cs/c1-20-11-10-16(17-7-5-9-18(19)15-17)8-6-14-21-12-3-2-4-13-21;/h5,7,9,15,20H,2-4,6,8,10-14H2,1H3;/q-1;+1. The van der Waals surface area contributed by atoms with Gasteiger partial charge in [0.15, 0.2) is 0 Å². The Balaban J connectivity index is 0.00000242. The molecule has 0 unspecified atom stereocenters. The van der Waals surface area contributed by atoms with Crippen molar-refractivity contribution in [2.75, 3.05) is 33.2 Å². The van der Waals surface area contributed by atoms with Gasteiger partial charge in [0.1, 0.15) is 0 Å². The van der Waals surface area contributed by atoms with Gasteiger partial charge in [-0.25, -0.2) is 0 Å². The van der Waals surface area contributed by atoms with Crippen molar-refractivity contribution in [1.29, 1.82) is 0 Å². The second-order valence-corrected chi connectivity index (χ2v) is 6.41. The molecule has 0 atom stereocenters. The second kappa shape index (κ2) is 12.7. The molecule has 0 aliphatic carbocycles. The van der Waals surface area contributed by atoms with Crippen molar-refractivity contribution in [3.8, 4) is 0 Å². The van der Waals surface area contributed by atoms with Crippen molar-refractivity contribution in [3.05, 3.63) is 40.8 Å². The maximum atomic E-state index is 6.14. The van der Waals surface area contributed by atoms with Crippen LogP contribution in [-0.4, -0.2) is 38.1 Å². The Morgan fingerprint density at radius 1 is 1.18 bits per heavy atom. The van der Waals surface area contributed by atoms with E-state index in [1.165, 1.54) is 63.2 Å². The Morgan fingerprint density at radius 2 is 1.95 bits per heavy atom. The molecule has 118 valence electrons. The first-order valence-electron chi connectivity index (χ1n) is 8.27. The van der Waals surface area contributed by atoms with Crippen molar-refractivity contribution >= 4 is 11.6 Å². The van der Waals surface area contributed by atoms with E-state index in [-0.39, 0.29) is 68.9 Å². The summed E-state index contributed by atoms with van der Waals surface area (Å²) < 4.78 is 0. The van der Waals surface area contributed by atoms with E-state index >= 15 is 0 Å². The SMILES string of the molecule is CNCC[C-](CCCN1CCCCC1)c1cccc(Cl)c1.[Cs+]. The maximum absolute atomic E-state index is 6.14. The number of rotatable bonds is 8. The average molecular weight is 441 g/mol. The summed E-state index contributed by atoms with van der Waals surface area (Å²) >= 11 is 6.14. The normalized spacial score (nSPS) is 15.4. The first-order valence-corrected chi connectivity index (χ1v) is 8.65. The summed E-state index contributed by atoms with van der Waals surface area (Å²) in [6.07, 6.45) is 7.72. The summed E-state index contributed by atoms with van der Waals surface area (Å²) in [5.74, 6) is 1.53. The topological polar surface area (TPSA) is 15.3 Å². The molecule has 1 aliphatic heterocycles. The van der Waals surface area contributed by atoms with E-state index in [1.54, 1.807) is 0 Å². The number of hydrogen-bond donors (Lipinski definition) is 1. The molecular weight excluding hydrogens is 413 g/mol. The second-order valence-electron chi connectivity index (χ2n) is 5.97. The Labute approximate surface area is 200 Å². The first-order chi connectivity index (χ1) is 10.3. The van der Waals surface area contributed by atoms with Gasteiger partial charge in [-0.05, 0) is 57.5 Å². The van der Waals surface area contributed by atoms with Crippen LogP contribution in [0, 0.1) is 5.92 Å². The van der Waals surface area contributed by atoms with E-state index in [0.29, 0.717) is 0 Å². The summed E-state index contributed by atoms with van der Waals surface area (Å²) in [5, 5.41) is 4.10. The van der Waals surface area contributed by atoms with Crippen LogP contribution in [0.3, 0.4) is 0 Å². The van der Waals surface area contributed by atoms with Crippen molar-refractivity contribution in [2.45, 2.75) is 38.5 Å². The van der Waals surface area contributed by atoms with Gasteiger partial charge in [-0.3, -0.25) is 0 Å². The predicted octanol–water partition coefficient (Wildman–Crippen LogP) is 1.14. The zero-order chi connectivity index (χ0) is 14.9. The minimum Gasteiger partial charge on any atom is -0.320 e. The minimum atomic E-state index is 0. The van der Waals surface area contributed by atoms with Crippen LogP contribution in [0.1, 0.15) is 44.1 Å². The Hall–Kier alpha value is 1.35. The number of benzene rings is 1. The molecule has 1 aromatic carbocycles. The molecule has 0 spiro atoms. The summed E-state index contributed by atoms with van der Waals surface area (Å²) in [4.78, 5) is 2.62. The van der Waals surface area contributed by atoms with Crippen LogP contribution in [0.5, 0.6) is 0 Å². The van der Waals surface area contributed by atoms with Crippen LogP contribution in [0.15, 0.2) is 24.3 Å². The fourth-order valence-electron chi connectivity index (χ4n) is 3.10. The van der Waals surface area contributed by atoms with Gasteiger partial charge in [0, 0.05) is 0 Å². The summed E-state index contributed by atoms with van der Waals surface area (Å²) in [6, 6.07) is 8.31. The van der Waals surface area contributed by atoms with Crippen LogP contribution in [0.4, 0.5) is 0 Å². The molecule has 0 bridgehead atoms. The molecule has 0 amide bonds. The van der Waals surface area contributed by atoms with E-state index in [0.717, 1.165) is 18.0 Å². The summed E-state index contributed by atoms with van der Waals surface area (Å²) in [5.41, 5.74) is 1.32. The number of nitrogens with one attached hydrogen (secondary N) is 1. The van der Waals surface area contributed by atoms with Crippen molar-refractivity contribution in [1.82, 2.24) is 10.2 Å². The Kier molecular flexibility index (Phi) is 12.3. The number of piperidine rings is 1. The molecule has 1 saturated heterocycles. The number of halogens is 1. The van der Waals surface area contributed by atoms with Crippen LogP contribution in [-0.2, 0) is 0 Å². The smallest absolute Gasteiger partial charge is 0.320 e. The molecule has 2 rings (SSSR count). The molecular formula is C18H28ClCsN2. The molecule has 0 aromatic heterocycles. The molecule has 0 radical (unpaired) electrons. The van der Waals surface area contributed by atoms with Gasteiger partial charge in [0.05, 0.1) is 0 Å². The van der Waals surface area contributed by atoms with Gasteiger partial charge in [-0.15, -0.1) is 12.1 Å². The number of hydrogen-bond acceptors (Lipinski definition) is 2.